The monoisotopic (exact) mass is 552 g/mol. The number of nitrogens with two attached hydrogens (primary N) is 1. The molecule has 1 aromatic heterocycles. The molecule has 2 aromatic carbocycles. The van der Waals surface area contributed by atoms with Gasteiger partial charge in [-0.05, 0) is 53.5 Å². The normalized spacial score (nSPS) is 16.9. The maximum absolute atomic E-state index is 13.0. The Morgan fingerprint density at radius 2 is 1.64 bits per heavy atom. The molecule has 1 saturated heterocycles. The third-order valence-electron chi connectivity index (χ3n) is 4.79. The van der Waals surface area contributed by atoms with Crippen molar-refractivity contribution in [3.05, 3.63) is 65.2 Å². The molecule has 1 fully saturated rings. The number of ether oxygens (including phenoxy) is 1. The molecular weight excluding hydrogens is 536 g/mol. The molecule has 3 aromatic rings. The standard InChI is InChI=1S/C18H13F6NO4S.C3H4N2S/c19-17(20,21)10-7-11(18(22,23)24)9-13(8-10)29-15-5-6-25(16(15)26)12-1-3-14(4-2-12)30(27)28;4-3-5-1-2-6-3/h1-4,7-9,15H,5-6H2,(H,27,28);1-2H,(H2,4,5)/p-1. The van der Waals surface area contributed by atoms with Crippen molar-refractivity contribution in [2.24, 2.45) is 0 Å². The van der Waals surface area contributed by atoms with Gasteiger partial charge < -0.3 is 19.9 Å². The summed E-state index contributed by atoms with van der Waals surface area (Å²) in [5.41, 5.74) is 2.41. The molecule has 1 aliphatic heterocycles. The van der Waals surface area contributed by atoms with Crippen LogP contribution in [0.2, 0.25) is 0 Å². The van der Waals surface area contributed by atoms with E-state index in [4.69, 9.17) is 10.5 Å². The van der Waals surface area contributed by atoms with Crippen LogP contribution in [0.5, 0.6) is 5.75 Å². The van der Waals surface area contributed by atoms with E-state index >= 15 is 0 Å². The van der Waals surface area contributed by atoms with Crippen LogP contribution in [0, 0.1) is 0 Å². The summed E-state index contributed by atoms with van der Waals surface area (Å²) in [5, 5.41) is 2.48. The zero-order valence-corrected chi connectivity index (χ0v) is 19.5. The number of benzene rings is 2. The molecule has 36 heavy (non-hydrogen) atoms. The largest absolute Gasteiger partial charge is 0.768 e. The second kappa shape index (κ2) is 10.8. The van der Waals surface area contributed by atoms with Crippen molar-refractivity contribution < 1.29 is 44.6 Å². The van der Waals surface area contributed by atoms with E-state index in [0.717, 1.165) is 0 Å². The van der Waals surface area contributed by atoms with Gasteiger partial charge in [-0.25, -0.2) is 4.98 Å². The summed E-state index contributed by atoms with van der Waals surface area (Å²) >= 11 is -1.02. The van der Waals surface area contributed by atoms with Crippen molar-refractivity contribution in [1.82, 2.24) is 4.98 Å². The van der Waals surface area contributed by atoms with Gasteiger partial charge in [0.05, 0.1) is 11.1 Å². The van der Waals surface area contributed by atoms with E-state index in [0.29, 0.717) is 23.0 Å². The van der Waals surface area contributed by atoms with E-state index in [1.165, 1.54) is 40.5 Å². The van der Waals surface area contributed by atoms with Gasteiger partial charge in [0.15, 0.2) is 11.2 Å². The fourth-order valence-corrected chi connectivity index (χ4v) is 3.89. The Bertz CT molecular complexity index is 1190. The van der Waals surface area contributed by atoms with E-state index in [9.17, 15) is 39.9 Å². The molecule has 0 spiro atoms. The SMILES string of the molecule is Nc1nccs1.O=C1C(Oc2cc(C(F)(F)F)cc(C(F)(F)F)c2)CCN1c1ccc(S(=O)[O-])cc1. The molecule has 194 valence electrons. The average molecular weight is 552 g/mol. The fraction of sp³-hybridized carbons (Fsp3) is 0.238. The van der Waals surface area contributed by atoms with Gasteiger partial charge >= 0.3 is 12.4 Å². The topological polar surface area (TPSA) is 109 Å². The summed E-state index contributed by atoms with van der Waals surface area (Å²) in [6.07, 6.45) is -9.66. The van der Waals surface area contributed by atoms with Crippen molar-refractivity contribution in [1.29, 1.82) is 0 Å². The summed E-state index contributed by atoms with van der Waals surface area (Å²) < 4.78 is 105. The molecule has 2 unspecified atom stereocenters. The lowest BCUT2D eigenvalue weighted by Crippen LogP contribution is -2.32. The Morgan fingerprint density at radius 3 is 2.06 bits per heavy atom. The smallest absolute Gasteiger partial charge is 0.416 e. The van der Waals surface area contributed by atoms with Crippen LogP contribution in [0.3, 0.4) is 0 Å². The number of thiazole rings is 1. The Kier molecular flexibility index (Phi) is 8.26. The van der Waals surface area contributed by atoms with Crippen LogP contribution >= 0.6 is 11.3 Å². The third-order valence-corrected chi connectivity index (χ3v) is 6.05. The molecular formula is C21H16F6N3O4S2-. The number of nitrogens with zero attached hydrogens (tertiary/aromatic N) is 2. The van der Waals surface area contributed by atoms with Crippen LogP contribution in [0.1, 0.15) is 17.5 Å². The van der Waals surface area contributed by atoms with Gasteiger partial charge in [-0.2, -0.15) is 26.3 Å². The number of amides is 1. The van der Waals surface area contributed by atoms with Crippen molar-refractivity contribution >= 4 is 39.1 Å². The number of aromatic nitrogens is 1. The highest BCUT2D eigenvalue weighted by molar-refractivity contribution is 7.79. The lowest BCUT2D eigenvalue weighted by Gasteiger charge is -2.19. The predicted octanol–water partition coefficient (Wildman–Crippen LogP) is 4.87. The highest BCUT2D eigenvalue weighted by Gasteiger charge is 2.39. The Hall–Kier alpha value is -3.17. The number of hydrogen-bond acceptors (Lipinski definition) is 7. The number of carbonyl (C=O) groups excluding carboxylic acids is 1. The first-order valence-corrected chi connectivity index (χ1v) is 11.8. The number of anilines is 2. The van der Waals surface area contributed by atoms with E-state index in [2.05, 4.69) is 4.98 Å². The summed E-state index contributed by atoms with van der Waals surface area (Å²) in [7, 11) is 0. The van der Waals surface area contributed by atoms with Crippen molar-refractivity contribution in [2.75, 3.05) is 17.2 Å². The quantitative estimate of drug-likeness (QED) is 0.366. The minimum Gasteiger partial charge on any atom is -0.768 e. The number of hydrogen-bond donors (Lipinski definition) is 1. The van der Waals surface area contributed by atoms with Crippen LogP contribution in [0.4, 0.5) is 37.2 Å². The Morgan fingerprint density at radius 1 is 1.06 bits per heavy atom. The third kappa shape index (κ3) is 6.95. The molecule has 0 bridgehead atoms. The number of rotatable bonds is 4. The molecule has 1 amide bonds. The minimum absolute atomic E-state index is 0.0122. The zero-order chi connectivity index (χ0) is 26.7. The summed E-state index contributed by atoms with van der Waals surface area (Å²) in [6.45, 7) is 0.0917. The number of halogens is 6. The number of nitrogen functional groups attached to an aromatic ring is 1. The molecule has 2 atom stereocenters. The lowest BCUT2D eigenvalue weighted by molar-refractivity contribution is -0.143. The van der Waals surface area contributed by atoms with E-state index in [-0.39, 0.29) is 23.9 Å². The predicted molar refractivity (Wildman–Crippen MR) is 118 cm³/mol. The summed E-state index contributed by atoms with van der Waals surface area (Å²) in [5.74, 6) is -1.40. The molecule has 1 aliphatic rings. The first-order chi connectivity index (χ1) is 16.8. The molecule has 15 heteroatoms. The van der Waals surface area contributed by atoms with Crippen LogP contribution in [0.15, 0.2) is 58.9 Å². The van der Waals surface area contributed by atoms with Gasteiger partial charge in [0, 0.05) is 35.1 Å². The minimum atomic E-state index is -5.03. The highest BCUT2D eigenvalue weighted by Crippen LogP contribution is 2.39. The number of carbonyl (C=O) groups is 1. The van der Waals surface area contributed by atoms with Crippen molar-refractivity contribution in [2.45, 2.75) is 29.8 Å². The van der Waals surface area contributed by atoms with E-state index in [1.807, 2.05) is 5.38 Å². The van der Waals surface area contributed by atoms with E-state index in [1.54, 1.807) is 6.20 Å². The molecule has 7 nitrogen and oxygen atoms in total. The average Bonchev–Trinajstić information content (AvgIpc) is 3.42. The first-order valence-electron chi connectivity index (χ1n) is 9.87. The maximum Gasteiger partial charge on any atom is 0.416 e. The molecule has 2 heterocycles. The molecule has 0 radical (unpaired) electrons. The second-order valence-corrected chi connectivity index (χ2v) is 9.09. The fourth-order valence-electron chi connectivity index (χ4n) is 3.15. The number of alkyl halides is 6. The molecule has 0 saturated carbocycles. The van der Waals surface area contributed by atoms with Gasteiger partial charge in [-0.1, -0.05) is 0 Å². The molecule has 2 N–H and O–H groups in total. The Labute approximate surface area is 206 Å². The van der Waals surface area contributed by atoms with Crippen molar-refractivity contribution in [3.8, 4) is 5.75 Å². The lowest BCUT2D eigenvalue weighted by atomic mass is 10.1. The van der Waals surface area contributed by atoms with Crippen LogP contribution < -0.4 is 15.4 Å². The first kappa shape index (κ1) is 27.4. The molecule has 4 rings (SSSR count). The van der Waals surface area contributed by atoms with Gasteiger partial charge in [-0.3, -0.25) is 9.00 Å². The second-order valence-electron chi connectivity index (χ2n) is 7.23. The maximum atomic E-state index is 13.0. The van der Waals surface area contributed by atoms with Gasteiger partial charge in [0.1, 0.15) is 5.75 Å². The van der Waals surface area contributed by atoms with Crippen molar-refractivity contribution in [3.63, 3.8) is 0 Å². The summed E-state index contributed by atoms with van der Waals surface area (Å²) in [4.78, 5) is 17.4. The highest BCUT2D eigenvalue weighted by atomic mass is 32.2. The van der Waals surface area contributed by atoms with E-state index < -0.39 is 52.3 Å². The van der Waals surface area contributed by atoms with Gasteiger partial charge in [0.2, 0.25) is 0 Å². The molecule has 0 aliphatic carbocycles. The van der Waals surface area contributed by atoms with Gasteiger partial charge in [0.25, 0.3) is 5.91 Å². The van der Waals surface area contributed by atoms with Crippen LogP contribution in [-0.2, 0) is 28.2 Å². The Balaban J connectivity index is 0.000000526. The zero-order valence-electron chi connectivity index (χ0n) is 17.9. The van der Waals surface area contributed by atoms with Gasteiger partial charge in [-0.15, -0.1) is 11.3 Å². The summed E-state index contributed by atoms with van der Waals surface area (Å²) in [6, 6.07) is 6.00. The van der Waals surface area contributed by atoms with Crippen LogP contribution in [-0.4, -0.2) is 32.3 Å². The van der Waals surface area contributed by atoms with Crippen LogP contribution in [0.25, 0.3) is 0 Å².